The monoisotopic (exact) mass is 354 g/mol. The molecule has 0 aliphatic carbocycles. The third kappa shape index (κ3) is 4.06. The highest BCUT2D eigenvalue weighted by atomic mass is 32.2. The highest BCUT2D eigenvalue weighted by Gasteiger charge is 2.49. The van der Waals surface area contributed by atoms with Crippen LogP contribution in [-0.4, -0.2) is 42.4 Å². The fourth-order valence-electron chi connectivity index (χ4n) is 1.54. The fourth-order valence-corrected chi connectivity index (χ4v) is 2.53. The Kier molecular flexibility index (Phi) is 5.28. The molecule has 5 nitrogen and oxygen atoms in total. The molecule has 1 aromatic carbocycles. The lowest BCUT2D eigenvalue weighted by Crippen LogP contribution is -2.53. The van der Waals surface area contributed by atoms with Crippen LogP contribution in [0.1, 0.15) is 27.7 Å². The zero-order valence-corrected chi connectivity index (χ0v) is 13.9. The Morgan fingerprint density at radius 3 is 2.00 bits per heavy atom. The second kappa shape index (κ2) is 6.08. The first-order chi connectivity index (χ1) is 10.1. The van der Waals surface area contributed by atoms with E-state index in [1.807, 2.05) is 0 Å². The Morgan fingerprint density at radius 1 is 1.09 bits per heavy atom. The van der Waals surface area contributed by atoms with E-state index in [4.69, 9.17) is 4.65 Å². The number of aliphatic hydroxyl groups is 1. The minimum absolute atomic E-state index is 0.554. The number of alkyl halides is 3. The molecule has 0 saturated heterocycles. The first kappa shape index (κ1) is 20.0. The summed E-state index contributed by atoms with van der Waals surface area (Å²) < 4.78 is 66.6. The molecule has 130 valence electrons. The Hall–Kier alpha value is -1.10. The summed E-state index contributed by atoms with van der Waals surface area (Å²) >= 11 is 0. The summed E-state index contributed by atoms with van der Waals surface area (Å²) in [6, 6.07) is 4.13. The van der Waals surface area contributed by atoms with E-state index in [9.17, 15) is 31.7 Å². The van der Waals surface area contributed by atoms with Crippen LogP contribution in [0.25, 0.3) is 0 Å². The predicted molar refractivity (Wildman–Crippen MR) is 78.8 cm³/mol. The lowest BCUT2D eigenvalue weighted by molar-refractivity contribution is -0.0983. The fraction of sp³-hybridized carbons (Fsp3) is 0.538. The molecular weight excluding hydrogens is 336 g/mol. The minimum atomic E-state index is -5.65. The van der Waals surface area contributed by atoms with Gasteiger partial charge in [-0.1, -0.05) is 18.2 Å². The summed E-state index contributed by atoms with van der Waals surface area (Å²) in [6.07, 6.45) is 0. The third-order valence-electron chi connectivity index (χ3n) is 3.66. The molecule has 0 heterocycles. The van der Waals surface area contributed by atoms with E-state index in [0.717, 1.165) is 18.2 Å². The Morgan fingerprint density at radius 2 is 1.57 bits per heavy atom. The van der Waals surface area contributed by atoms with Crippen molar-refractivity contribution < 1.29 is 36.4 Å². The molecule has 0 bridgehead atoms. The van der Waals surface area contributed by atoms with Gasteiger partial charge >= 0.3 is 12.6 Å². The first-order valence-corrected chi connectivity index (χ1v) is 8.08. The lowest BCUT2D eigenvalue weighted by Gasteiger charge is -2.38. The van der Waals surface area contributed by atoms with Gasteiger partial charge in [-0.3, -0.25) is 0 Å². The number of hydrogen-bond acceptors (Lipinski definition) is 5. The molecule has 0 radical (unpaired) electrons. The van der Waals surface area contributed by atoms with Crippen molar-refractivity contribution in [3.05, 3.63) is 24.3 Å². The molecule has 0 atom stereocenters. The number of benzene rings is 1. The molecule has 0 saturated carbocycles. The van der Waals surface area contributed by atoms with E-state index in [2.05, 4.69) is 0 Å². The third-order valence-corrected chi connectivity index (χ3v) is 5.22. The molecule has 0 aromatic heterocycles. The zero-order chi connectivity index (χ0) is 18.3. The Balaban J connectivity index is 3.32. The van der Waals surface area contributed by atoms with Gasteiger partial charge in [0, 0.05) is 5.46 Å². The van der Waals surface area contributed by atoms with E-state index in [-0.39, 0.29) is 0 Å². The van der Waals surface area contributed by atoms with Crippen LogP contribution in [0.5, 0.6) is 0 Å². The van der Waals surface area contributed by atoms with Crippen molar-refractivity contribution in [2.45, 2.75) is 49.3 Å². The number of hydrogen-bond donors (Lipinski definition) is 2. The number of sulfone groups is 1. The van der Waals surface area contributed by atoms with Crippen molar-refractivity contribution in [3.8, 4) is 0 Å². The van der Waals surface area contributed by atoms with Crippen LogP contribution in [0.2, 0.25) is 0 Å². The predicted octanol–water partition coefficient (Wildman–Crippen LogP) is 1.23. The molecule has 0 amide bonds. The Labute approximate surface area is 133 Å². The normalized spacial score (nSPS) is 14.0. The van der Waals surface area contributed by atoms with Gasteiger partial charge in [-0.15, -0.1) is 0 Å². The maximum atomic E-state index is 12.7. The summed E-state index contributed by atoms with van der Waals surface area (Å²) in [5, 5.41) is 20.0. The Bertz CT molecular complexity index is 665. The van der Waals surface area contributed by atoms with E-state index in [1.165, 1.54) is 33.8 Å². The van der Waals surface area contributed by atoms with Gasteiger partial charge in [-0.05, 0) is 33.8 Å². The maximum Gasteiger partial charge on any atom is 0.501 e. The largest absolute Gasteiger partial charge is 0.501 e. The standard InChI is InChI=1S/C13H18BF3O5S/c1-11(2,18)12(3,4)22-14(19)9-7-5-6-8-10(9)23(20,21)13(15,16)17/h5-8,18-19H,1-4H3. The molecule has 1 aromatic rings. The smallest absolute Gasteiger partial charge is 0.423 e. The van der Waals surface area contributed by atoms with Gasteiger partial charge in [-0.2, -0.15) is 13.2 Å². The SMILES string of the molecule is CC(C)(O)C(C)(C)OB(O)c1ccccc1S(=O)(=O)C(F)(F)F. The molecular formula is C13H18BF3O5S. The van der Waals surface area contributed by atoms with Gasteiger partial charge in [0.1, 0.15) is 0 Å². The maximum absolute atomic E-state index is 12.7. The van der Waals surface area contributed by atoms with E-state index in [1.54, 1.807) is 0 Å². The lowest BCUT2D eigenvalue weighted by atomic mass is 9.76. The molecule has 0 spiro atoms. The highest BCUT2D eigenvalue weighted by Crippen LogP contribution is 2.30. The second-order valence-corrected chi connectivity index (χ2v) is 7.94. The van der Waals surface area contributed by atoms with E-state index < -0.39 is 44.0 Å². The summed E-state index contributed by atoms with van der Waals surface area (Å²) in [5.41, 5.74) is -8.86. The van der Waals surface area contributed by atoms with Gasteiger partial charge < -0.3 is 14.8 Å². The van der Waals surface area contributed by atoms with Crippen molar-refractivity contribution in [2.24, 2.45) is 0 Å². The van der Waals surface area contributed by atoms with Gasteiger partial charge in [-0.25, -0.2) is 8.42 Å². The van der Waals surface area contributed by atoms with Crippen LogP contribution in [0, 0.1) is 0 Å². The van der Waals surface area contributed by atoms with Crippen LogP contribution in [0.3, 0.4) is 0 Å². The van der Waals surface area contributed by atoms with Crippen LogP contribution < -0.4 is 5.46 Å². The number of rotatable bonds is 5. The molecule has 2 N–H and O–H groups in total. The quantitative estimate of drug-likeness (QED) is 0.778. The first-order valence-electron chi connectivity index (χ1n) is 6.60. The van der Waals surface area contributed by atoms with Crippen LogP contribution in [0.4, 0.5) is 13.2 Å². The highest BCUT2D eigenvalue weighted by molar-refractivity contribution is 7.92. The molecule has 23 heavy (non-hydrogen) atoms. The zero-order valence-electron chi connectivity index (χ0n) is 13.0. The van der Waals surface area contributed by atoms with Crippen molar-refractivity contribution in [1.82, 2.24) is 0 Å². The average Bonchev–Trinajstić information content (AvgIpc) is 2.35. The van der Waals surface area contributed by atoms with Crippen LogP contribution in [0.15, 0.2) is 29.2 Å². The summed E-state index contributed by atoms with van der Waals surface area (Å²) in [6.45, 7) is 5.60. The van der Waals surface area contributed by atoms with Crippen LogP contribution in [-0.2, 0) is 14.5 Å². The number of halogens is 3. The topological polar surface area (TPSA) is 83.8 Å². The molecule has 0 unspecified atom stereocenters. The molecule has 0 aliphatic rings. The molecule has 1 rings (SSSR count). The molecule has 10 heteroatoms. The van der Waals surface area contributed by atoms with Crippen molar-refractivity contribution in [3.63, 3.8) is 0 Å². The van der Waals surface area contributed by atoms with E-state index in [0.29, 0.717) is 0 Å². The summed E-state index contributed by atoms with van der Waals surface area (Å²) in [7, 11) is -7.61. The van der Waals surface area contributed by atoms with Gasteiger partial charge in [0.15, 0.2) is 0 Å². The summed E-state index contributed by atoms with van der Waals surface area (Å²) in [4.78, 5) is -1.09. The molecule has 0 fully saturated rings. The van der Waals surface area contributed by atoms with Crippen molar-refractivity contribution >= 4 is 22.4 Å². The minimum Gasteiger partial charge on any atom is -0.423 e. The molecule has 0 aliphatic heterocycles. The van der Waals surface area contributed by atoms with E-state index >= 15 is 0 Å². The van der Waals surface area contributed by atoms with Crippen LogP contribution >= 0.6 is 0 Å². The van der Waals surface area contributed by atoms with Gasteiger partial charge in [0.05, 0.1) is 16.1 Å². The van der Waals surface area contributed by atoms with Crippen molar-refractivity contribution in [1.29, 1.82) is 0 Å². The van der Waals surface area contributed by atoms with Crippen molar-refractivity contribution in [2.75, 3.05) is 0 Å². The average molecular weight is 354 g/mol. The van der Waals surface area contributed by atoms with Gasteiger partial charge in [0.2, 0.25) is 0 Å². The van der Waals surface area contributed by atoms with Gasteiger partial charge in [0.25, 0.3) is 9.84 Å². The second-order valence-electron chi connectivity index (χ2n) is 6.03. The summed E-state index contributed by atoms with van der Waals surface area (Å²) in [5.74, 6) is 0.